The molecule has 0 saturated heterocycles. The highest BCUT2D eigenvalue weighted by Crippen LogP contribution is 2.22. The topological polar surface area (TPSA) is 73.9 Å². The normalized spacial score (nSPS) is 10.3. The van der Waals surface area contributed by atoms with E-state index < -0.39 is 0 Å². The number of ether oxygens (including phenoxy) is 3. The van der Waals surface area contributed by atoms with Crippen molar-refractivity contribution in [3.05, 3.63) is 23.8 Å². The Bertz CT molecular complexity index is 308. The van der Waals surface area contributed by atoms with E-state index in [1.807, 2.05) is 12.1 Å². The van der Waals surface area contributed by atoms with E-state index in [2.05, 4.69) is 0 Å². The zero-order chi connectivity index (χ0) is 12.5. The molecule has 0 aliphatic rings. The maximum atomic E-state index is 8.52. The van der Waals surface area contributed by atoms with Gasteiger partial charge >= 0.3 is 0 Å². The highest BCUT2D eigenvalue weighted by Gasteiger charge is 2.01. The third-order valence-corrected chi connectivity index (χ3v) is 2.14. The van der Waals surface area contributed by atoms with Gasteiger partial charge in [0.15, 0.2) is 0 Å². The molecular formula is C12H19NO4. The van der Waals surface area contributed by atoms with Crippen LogP contribution in [0, 0.1) is 0 Å². The highest BCUT2D eigenvalue weighted by molar-refractivity contribution is 5.38. The quantitative estimate of drug-likeness (QED) is 0.650. The van der Waals surface area contributed by atoms with E-state index in [4.69, 9.17) is 25.1 Å². The monoisotopic (exact) mass is 241 g/mol. The predicted molar refractivity (Wildman–Crippen MR) is 64.3 cm³/mol. The van der Waals surface area contributed by atoms with Gasteiger partial charge in [0.2, 0.25) is 0 Å². The molecule has 3 N–H and O–H groups in total. The average molecular weight is 241 g/mol. The van der Waals surface area contributed by atoms with Gasteiger partial charge in [0.25, 0.3) is 0 Å². The van der Waals surface area contributed by atoms with Gasteiger partial charge in [0.05, 0.1) is 26.9 Å². The van der Waals surface area contributed by atoms with E-state index >= 15 is 0 Å². The van der Waals surface area contributed by atoms with E-state index in [9.17, 15) is 0 Å². The molecule has 0 unspecified atom stereocenters. The van der Waals surface area contributed by atoms with Crippen LogP contribution < -0.4 is 15.2 Å². The lowest BCUT2D eigenvalue weighted by molar-refractivity contribution is 0.0704. The molecule has 0 saturated carbocycles. The number of hydrogen-bond acceptors (Lipinski definition) is 5. The van der Waals surface area contributed by atoms with Crippen molar-refractivity contribution in [1.82, 2.24) is 0 Å². The molecule has 0 spiro atoms. The van der Waals surface area contributed by atoms with Crippen molar-refractivity contribution in [1.29, 1.82) is 0 Å². The lowest BCUT2D eigenvalue weighted by Gasteiger charge is -2.10. The summed E-state index contributed by atoms with van der Waals surface area (Å²) >= 11 is 0. The van der Waals surface area contributed by atoms with Crippen LogP contribution in [0.25, 0.3) is 0 Å². The fourth-order valence-electron chi connectivity index (χ4n) is 1.33. The fraction of sp³-hybridized carbons (Fsp3) is 0.500. The zero-order valence-electron chi connectivity index (χ0n) is 10.0. The molecule has 1 rings (SSSR count). The van der Waals surface area contributed by atoms with Crippen molar-refractivity contribution < 1.29 is 19.3 Å². The molecule has 5 nitrogen and oxygen atoms in total. The minimum Gasteiger partial charge on any atom is -0.497 e. The first-order valence-electron chi connectivity index (χ1n) is 5.49. The molecule has 1 aromatic carbocycles. The van der Waals surface area contributed by atoms with Crippen molar-refractivity contribution in [2.45, 2.75) is 6.54 Å². The van der Waals surface area contributed by atoms with E-state index in [0.29, 0.717) is 32.1 Å². The number of benzene rings is 1. The summed E-state index contributed by atoms with van der Waals surface area (Å²) in [5.74, 6) is 1.43. The molecule has 0 aliphatic carbocycles. The predicted octanol–water partition coefficient (Wildman–Crippen LogP) is 0.542. The Morgan fingerprint density at radius 1 is 1.12 bits per heavy atom. The van der Waals surface area contributed by atoms with Gasteiger partial charge in [-0.2, -0.15) is 0 Å². The molecule has 0 aromatic heterocycles. The SMILES string of the molecule is COc1cc(CN)cc(OCCOCCO)c1. The molecule has 0 heterocycles. The van der Waals surface area contributed by atoms with Gasteiger partial charge in [-0.25, -0.2) is 0 Å². The van der Waals surface area contributed by atoms with Crippen LogP contribution in [0.3, 0.4) is 0 Å². The van der Waals surface area contributed by atoms with Crippen molar-refractivity contribution in [3.63, 3.8) is 0 Å². The lowest BCUT2D eigenvalue weighted by atomic mass is 10.2. The Morgan fingerprint density at radius 3 is 2.53 bits per heavy atom. The number of methoxy groups -OCH3 is 1. The van der Waals surface area contributed by atoms with E-state index in [0.717, 1.165) is 11.3 Å². The van der Waals surface area contributed by atoms with E-state index in [-0.39, 0.29) is 6.61 Å². The van der Waals surface area contributed by atoms with Crippen LogP contribution in [0.5, 0.6) is 11.5 Å². The number of aliphatic hydroxyl groups is 1. The molecule has 0 amide bonds. The highest BCUT2D eigenvalue weighted by atomic mass is 16.5. The summed E-state index contributed by atoms with van der Waals surface area (Å²) in [6.45, 7) is 1.66. The first-order chi connectivity index (χ1) is 8.30. The first kappa shape index (κ1) is 13.8. The van der Waals surface area contributed by atoms with Gasteiger partial charge in [-0.05, 0) is 17.7 Å². The second-order valence-corrected chi connectivity index (χ2v) is 3.41. The molecule has 0 atom stereocenters. The van der Waals surface area contributed by atoms with Crippen LogP contribution in [0.15, 0.2) is 18.2 Å². The Hall–Kier alpha value is -1.30. The molecule has 0 radical (unpaired) electrons. The molecule has 96 valence electrons. The number of rotatable bonds is 8. The smallest absolute Gasteiger partial charge is 0.123 e. The maximum absolute atomic E-state index is 8.52. The van der Waals surface area contributed by atoms with Crippen LogP contribution in [0.2, 0.25) is 0 Å². The first-order valence-corrected chi connectivity index (χ1v) is 5.49. The number of hydrogen-bond donors (Lipinski definition) is 2. The standard InChI is InChI=1S/C12H19NO4/c1-15-11-6-10(9-13)7-12(8-11)17-5-4-16-3-2-14/h6-8,14H,2-5,9,13H2,1H3. The minimum atomic E-state index is 0.0243. The van der Waals surface area contributed by atoms with Gasteiger partial charge < -0.3 is 25.1 Å². The summed E-state index contributed by atoms with van der Waals surface area (Å²) < 4.78 is 15.7. The van der Waals surface area contributed by atoms with Crippen molar-refractivity contribution >= 4 is 0 Å². The van der Waals surface area contributed by atoms with E-state index in [1.54, 1.807) is 13.2 Å². The third-order valence-electron chi connectivity index (χ3n) is 2.14. The Balaban J connectivity index is 2.46. The molecule has 5 heteroatoms. The summed E-state index contributed by atoms with van der Waals surface area (Å²) in [5, 5.41) is 8.52. The average Bonchev–Trinajstić information content (AvgIpc) is 2.38. The minimum absolute atomic E-state index is 0.0243. The second kappa shape index (κ2) is 7.89. The van der Waals surface area contributed by atoms with Gasteiger partial charge in [0.1, 0.15) is 18.1 Å². The summed E-state index contributed by atoms with van der Waals surface area (Å²) in [4.78, 5) is 0. The fourth-order valence-corrected chi connectivity index (χ4v) is 1.33. The number of aliphatic hydroxyl groups excluding tert-OH is 1. The summed E-state index contributed by atoms with van der Waals surface area (Å²) in [7, 11) is 1.60. The molecule has 1 aromatic rings. The van der Waals surface area contributed by atoms with Crippen LogP contribution in [-0.4, -0.2) is 38.6 Å². The van der Waals surface area contributed by atoms with Crippen LogP contribution in [-0.2, 0) is 11.3 Å². The molecular weight excluding hydrogens is 222 g/mol. The van der Waals surface area contributed by atoms with Crippen LogP contribution >= 0.6 is 0 Å². The Morgan fingerprint density at radius 2 is 1.88 bits per heavy atom. The molecule has 17 heavy (non-hydrogen) atoms. The molecule has 0 aliphatic heterocycles. The van der Waals surface area contributed by atoms with Gasteiger partial charge in [0, 0.05) is 12.6 Å². The van der Waals surface area contributed by atoms with Gasteiger partial charge in [-0.1, -0.05) is 0 Å². The lowest BCUT2D eigenvalue weighted by Crippen LogP contribution is -2.09. The summed E-state index contributed by atoms with van der Waals surface area (Å²) in [6, 6.07) is 5.54. The summed E-state index contributed by atoms with van der Waals surface area (Å²) in [5.41, 5.74) is 6.53. The van der Waals surface area contributed by atoms with Gasteiger partial charge in [-0.3, -0.25) is 0 Å². The largest absolute Gasteiger partial charge is 0.497 e. The van der Waals surface area contributed by atoms with Crippen molar-refractivity contribution in [3.8, 4) is 11.5 Å². The van der Waals surface area contributed by atoms with Crippen molar-refractivity contribution in [2.24, 2.45) is 5.73 Å². The second-order valence-electron chi connectivity index (χ2n) is 3.41. The van der Waals surface area contributed by atoms with Crippen molar-refractivity contribution in [2.75, 3.05) is 33.5 Å². The van der Waals surface area contributed by atoms with Gasteiger partial charge in [-0.15, -0.1) is 0 Å². The molecule has 0 fully saturated rings. The maximum Gasteiger partial charge on any atom is 0.123 e. The number of nitrogens with two attached hydrogens (primary N) is 1. The third kappa shape index (κ3) is 5.04. The van der Waals surface area contributed by atoms with Crippen LogP contribution in [0.4, 0.5) is 0 Å². The Kier molecular flexibility index (Phi) is 6.39. The Labute approximate surface area is 101 Å². The van der Waals surface area contributed by atoms with Crippen LogP contribution in [0.1, 0.15) is 5.56 Å². The summed E-state index contributed by atoms with van der Waals surface area (Å²) in [6.07, 6.45) is 0. The van der Waals surface area contributed by atoms with E-state index in [1.165, 1.54) is 0 Å². The zero-order valence-corrected chi connectivity index (χ0v) is 10.0. The molecule has 0 bridgehead atoms.